The van der Waals surface area contributed by atoms with Crippen LogP contribution in [0, 0.1) is 6.92 Å². The van der Waals surface area contributed by atoms with Gasteiger partial charge in [-0.3, -0.25) is 9.59 Å². The topological polar surface area (TPSA) is 68.4 Å². The molecule has 1 atom stereocenters. The van der Waals surface area contributed by atoms with Gasteiger partial charge in [0.2, 0.25) is 0 Å². The highest BCUT2D eigenvalue weighted by atomic mass is 35.5. The Hall–Kier alpha value is -3.35. The lowest BCUT2D eigenvalue weighted by molar-refractivity contribution is -0.110. The molecule has 0 bridgehead atoms. The van der Waals surface area contributed by atoms with E-state index in [2.05, 4.69) is 20.1 Å². The van der Waals surface area contributed by atoms with Crippen LogP contribution in [-0.4, -0.2) is 58.8 Å². The molecule has 37 heavy (non-hydrogen) atoms. The smallest absolute Gasteiger partial charge is 0.256 e. The molecule has 0 radical (unpaired) electrons. The van der Waals surface area contributed by atoms with Crippen LogP contribution in [0.3, 0.4) is 0 Å². The van der Waals surface area contributed by atoms with E-state index in [-0.39, 0.29) is 17.9 Å². The van der Waals surface area contributed by atoms with Crippen LogP contribution >= 0.6 is 11.6 Å². The van der Waals surface area contributed by atoms with Gasteiger partial charge in [-0.25, -0.2) is 0 Å². The average molecular weight is 515 g/mol. The van der Waals surface area contributed by atoms with Crippen molar-refractivity contribution in [3.63, 3.8) is 0 Å². The maximum absolute atomic E-state index is 13.6. The predicted octanol–water partition coefficient (Wildman–Crippen LogP) is 5.84. The number of rotatable bonds is 5. The third kappa shape index (κ3) is 4.49. The second-order valence-corrected chi connectivity index (χ2v) is 10.7. The molecule has 1 unspecified atom stereocenters. The van der Waals surface area contributed by atoms with E-state index in [1.807, 2.05) is 55.5 Å². The van der Waals surface area contributed by atoms with Crippen molar-refractivity contribution in [1.82, 2.24) is 14.8 Å². The molecule has 3 aromatic rings. The van der Waals surface area contributed by atoms with Crippen molar-refractivity contribution in [2.75, 3.05) is 31.5 Å². The third-order valence-electron chi connectivity index (χ3n) is 7.97. The fourth-order valence-corrected chi connectivity index (χ4v) is 6.21. The van der Waals surface area contributed by atoms with Crippen LogP contribution in [0.15, 0.2) is 48.7 Å². The normalized spacial score (nSPS) is 20.6. The number of hydrogen-bond donors (Lipinski definition) is 2. The number of amides is 2. The molecule has 190 valence electrons. The van der Waals surface area contributed by atoms with Gasteiger partial charge in [-0.05, 0) is 86.7 Å². The first-order valence-corrected chi connectivity index (χ1v) is 13.5. The minimum absolute atomic E-state index is 0.0796. The summed E-state index contributed by atoms with van der Waals surface area (Å²) in [5, 5.41) is 3.64. The van der Waals surface area contributed by atoms with Crippen molar-refractivity contribution in [3.8, 4) is 11.1 Å². The summed E-state index contributed by atoms with van der Waals surface area (Å²) in [7, 11) is 0. The number of anilines is 1. The Balaban J connectivity index is 1.31. The zero-order valence-corrected chi connectivity index (χ0v) is 21.8. The molecule has 0 spiro atoms. The molecule has 2 saturated heterocycles. The van der Waals surface area contributed by atoms with E-state index in [1.54, 1.807) is 6.20 Å². The Bertz CT molecular complexity index is 1400. The zero-order valence-electron chi connectivity index (χ0n) is 21.0. The van der Waals surface area contributed by atoms with Crippen molar-refractivity contribution >= 4 is 40.8 Å². The molecule has 2 N–H and O–H groups in total. The molecule has 1 aromatic heterocycles. The molecule has 6 nitrogen and oxygen atoms in total. The van der Waals surface area contributed by atoms with E-state index in [9.17, 15) is 9.59 Å². The van der Waals surface area contributed by atoms with Crippen molar-refractivity contribution < 1.29 is 9.59 Å². The van der Waals surface area contributed by atoms with Gasteiger partial charge in [0.15, 0.2) is 0 Å². The first-order chi connectivity index (χ1) is 18.0. The summed E-state index contributed by atoms with van der Waals surface area (Å²) in [5.41, 5.74) is 6.40. The third-order valence-corrected chi connectivity index (χ3v) is 8.20. The molecule has 3 aliphatic rings. The molecular formula is C30H31ClN4O2. The summed E-state index contributed by atoms with van der Waals surface area (Å²) < 4.78 is 0. The largest absolute Gasteiger partial charge is 0.361 e. The Morgan fingerprint density at radius 2 is 1.92 bits per heavy atom. The van der Waals surface area contributed by atoms with Crippen LogP contribution in [0.5, 0.6) is 0 Å². The first kappa shape index (κ1) is 24.0. The van der Waals surface area contributed by atoms with Crippen LogP contribution in [0.4, 0.5) is 5.69 Å². The van der Waals surface area contributed by atoms with Gasteiger partial charge >= 0.3 is 0 Å². The summed E-state index contributed by atoms with van der Waals surface area (Å²) in [6.45, 7) is 6.01. The second-order valence-electron chi connectivity index (χ2n) is 10.3. The number of benzene rings is 2. The van der Waals surface area contributed by atoms with Crippen molar-refractivity contribution in [1.29, 1.82) is 0 Å². The lowest BCUT2D eigenvalue weighted by atomic mass is 9.94. The Morgan fingerprint density at radius 3 is 2.73 bits per heavy atom. The second kappa shape index (κ2) is 9.84. The Labute approximate surface area is 222 Å². The van der Waals surface area contributed by atoms with Gasteiger partial charge in [-0.15, -0.1) is 0 Å². The summed E-state index contributed by atoms with van der Waals surface area (Å²) in [6.07, 6.45) is 8.29. The number of carbonyl (C=O) groups is 2. The number of H-pyrrole nitrogens is 1. The Morgan fingerprint density at radius 1 is 1.11 bits per heavy atom. The summed E-state index contributed by atoms with van der Waals surface area (Å²) in [4.78, 5) is 34.5. The van der Waals surface area contributed by atoms with Gasteiger partial charge in [0.25, 0.3) is 11.8 Å². The number of likely N-dealkylation sites (tertiary alicyclic amines) is 2. The standard InChI is InChI=1S/C30H31ClN4O2/c1-19-25(30(37)35-14-6-9-22(35)18-34-12-2-3-13-34)17-32-27(19)16-24-28-23(20-7-4-8-21(31)15-20)10-5-11-26(28)33-29(24)36/h4-5,7-8,10-11,15-17,22,32H,2-3,6,9,12-14,18H2,1H3,(H,33,36). The molecule has 2 aromatic carbocycles. The molecule has 3 aliphatic heterocycles. The Kier molecular flexibility index (Phi) is 6.39. The number of halogens is 1. The van der Waals surface area contributed by atoms with Crippen LogP contribution in [-0.2, 0) is 4.79 Å². The highest BCUT2D eigenvalue weighted by Crippen LogP contribution is 2.41. The maximum atomic E-state index is 13.6. The summed E-state index contributed by atoms with van der Waals surface area (Å²) in [6, 6.07) is 13.8. The van der Waals surface area contributed by atoms with E-state index in [1.165, 1.54) is 12.8 Å². The van der Waals surface area contributed by atoms with Gasteiger partial charge in [0.1, 0.15) is 0 Å². The number of nitrogens with zero attached hydrogens (tertiary/aromatic N) is 2. The number of nitrogens with one attached hydrogen (secondary N) is 2. The van der Waals surface area contributed by atoms with E-state index in [4.69, 9.17) is 11.6 Å². The summed E-state index contributed by atoms with van der Waals surface area (Å²) >= 11 is 6.26. The number of hydrogen-bond acceptors (Lipinski definition) is 3. The van der Waals surface area contributed by atoms with Crippen molar-refractivity contribution in [3.05, 3.63) is 76.1 Å². The fourth-order valence-electron chi connectivity index (χ4n) is 6.02. The monoisotopic (exact) mass is 514 g/mol. The van der Waals surface area contributed by atoms with Gasteiger partial charge < -0.3 is 20.1 Å². The summed E-state index contributed by atoms with van der Waals surface area (Å²) in [5.74, 6) is -0.0763. The highest BCUT2D eigenvalue weighted by Gasteiger charge is 2.33. The average Bonchev–Trinajstić information content (AvgIpc) is 3.69. The molecule has 2 fully saturated rings. The fraction of sp³-hybridized carbons (Fsp3) is 0.333. The van der Waals surface area contributed by atoms with E-state index < -0.39 is 0 Å². The SMILES string of the molecule is Cc1c(C(=O)N2CCCC2CN2CCCC2)c[nH]c1C=C1C(=O)Nc2cccc(-c3cccc(Cl)c3)c21. The van der Waals surface area contributed by atoms with E-state index in [0.29, 0.717) is 16.2 Å². The maximum Gasteiger partial charge on any atom is 0.256 e. The van der Waals surface area contributed by atoms with Gasteiger partial charge in [-0.1, -0.05) is 35.9 Å². The van der Waals surface area contributed by atoms with Crippen LogP contribution in [0.1, 0.15) is 52.9 Å². The van der Waals surface area contributed by atoms with E-state index in [0.717, 1.165) is 72.7 Å². The molecule has 2 amide bonds. The molecule has 7 heteroatoms. The van der Waals surface area contributed by atoms with Crippen molar-refractivity contribution in [2.24, 2.45) is 0 Å². The van der Waals surface area contributed by atoms with Crippen LogP contribution in [0.2, 0.25) is 5.02 Å². The molecule has 4 heterocycles. The lowest BCUT2D eigenvalue weighted by Crippen LogP contribution is -2.42. The lowest BCUT2D eigenvalue weighted by Gasteiger charge is -2.28. The van der Waals surface area contributed by atoms with Crippen LogP contribution < -0.4 is 5.32 Å². The first-order valence-electron chi connectivity index (χ1n) is 13.1. The highest BCUT2D eigenvalue weighted by molar-refractivity contribution is 6.36. The number of aromatic nitrogens is 1. The molecular weight excluding hydrogens is 484 g/mol. The predicted molar refractivity (Wildman–Crippen MR) is 149 cm³/mol. The van der Waals surface area contributed by atoms with Crippen LogP contribution in [0.25, 0.3) is 22.8 Å². The molecule has 0 aliphatic carbocycles. The number of aromatic amines is 1. The van der Waals surface area contributed by atoms with Gasteiger partial charge in [-0.2, -0.15) is 0 Å². The minimum Gasteiger partial charge on any atom is -0.361 e. The van der Waals surface area contributed by atoms with Gasteiger partial charge in [0.05, 0.1) is 11.1 Å². The number of carbonyl (C=O) groups excluding carboxylic acids is 2. The van der Waals surface area contributed by atoms with Crippen molar-refractivity contribution in [2.45, 2.75) is 38.6 Å². The molecule has 6 rings (SSSR count). The quantitative estimate of drug-likeness (QED) is 0.420. The number of fused-ring (bicyclic) bond motifs is 1. The minimum atomic E-state index is -0.156. The zero-order chi connectivity index (χ0) is 25.5. The van der Waals surface area contributed by atoms with Gasteiger partial charge in [0, 0.05) is 47.3 Å². The molecule has 0 saturated carbocycles. The van der Waals surface area contributed by atoms with E-state index >= 15 is 0 Å².